The number of benzene rings is 1. The molecule has 2 atom stereocenters. The van der Waals surface area contributed by atoms with E-state index in [1.807, 2.05) is 0 Å². The Balaban J connectivity index is 0.000000498. The number of sulfonamides is 1. The van der Waals surface area contributed by atoms with Crippen LogP contribution in [-0.4, -0.2) is 26.0 Å². The molecule has 0 heterocycles. The largest absolute Gasteiger partial charge is 0.511 e. The normalized spacial score (nSPS) is 21.2. The van der Waals surface area contributed by atoms with Gasteiger partial charge in [-0.1, -0.05) is 37.1 Å². The van der Waals surface area contributed by atoms with Crippen LogP contribution in [0.1, 0.15) is 36.8 Å². The van der Waals surface area contributed by atoms with Gasteiger partial charge in [0.25, 0.3) is 0 Å². The first-order valence-corrected chi connectivity index (χ1v) is 8.89. The fraction of sp³-hybridized carbons (Fsp3) is 0.600. The van der Waals surface area contributed by atoms with Crippen LogP contribution in [0.5, 0.6) is 0 Å². The average molecular weight is 453 g/mol. The Morgan fingerprint density at radius 3 is 1.92 bits per heavy atom. The zero-order valence-corrected chi connectivity index (χ0v) is 16.1. The molecule has 1 aromatic rings. The smallest absolute Gasteiger partial charge is 0.326 e. The van der Waals surface area contributed by atoms with Crippen molar-refractivity contribution >= 4 is 10.0 Å². The molecule has 1 aromatic carbocycles. The van der Waals surface area contributed by atoms with E-state index in [4.69, 9.17) is 5.73 Å². The molecular weight excluding hydrogens is 430 g/mol. The molecule has 9 heteroatoms. The molecule has 0 unspecified atom stereocenters. The number of halogens is 3. The van der Waals surface area contributed by atoms with Crippen LogP contribution < -0.4 is 10.5 Å². The summed E-state index contributed by atoms with van der Waals surface area (Å²) in [6.45, 7) is 4.24. The first-order chi connectivity index (χ1) is 10.5. The summed E-state index contributed by atoms with van der Waals surface area (Å²) in [7, 11) is -5.26. The minimum atomic E-state index is -5.26. The van der Waals surface area contributed by atoms with E-state index >= 15 is 0 Å². The van der Waals surface area contributed by atoms with Crippen molar-refractivity contribution < 1.29 is 41.1 Å². The van der Waals surface area contributed by atoms with Gasteiger partial charge in [0.1, 0.15) is 0 Å². The van der Waals surface area contributed by atoms with E-state index in [2.05, 4.69) is 38.1 Å². The van der Waals surface area contributed by atoms with E-state index in [-0.39, 0.29) is 19.5 Å². The van der Waals surface area contributed by atoms with Crippen molar-refractivity contribution in [3.63, 3.8) is 0 Å². The van der Waals surface area contributed by atoms with Gasteiger partial charge in [0.15, 0.2) is 0 Å². The average Bonchev–Trinajstić information content (AvgIpc) is 2.44. The Bertz CT molecular complexity index is 588. The molecule has 0 aliphatic heterocycles. The molecule has 1 aliphatic rings. The summed E-state index contributed by atoms with van der Waals surface area (Å²) in [4.78, 5) is 0. The van der Waals surface area contributed by atoms with Gasteiger partial charge in [0.2, 0.25) is 0 Å². The molecule has 1 saturated carbocycles. The maximum Gasteiger partial charge on any atom is 0.511 e. The van der Waals surface area contributed by atoms with Crippen molar-refractivity contribution in [1.29, 1.82) is 0 Å². The van der Waals surface area contributed by atoms with Crippen LogP contribution in [0, 0.1) is 13.8 Å². The molecule has 1 fully saturated rings. The van der Waals surface area contributed by atoms with Crippen LogP contribution in [0.25, 0.3) is 0 Å². The Morgan fingerprint density at radius 2 is 1.54 bits per heavy atom. The van der Waals surface area contributed by atoms with Crippen LogP contribution in [-0.2, 0) is 29.5 Å². The van der Waals surface area contributed by atoms with Crippen molar-refractivity contribution in [1.82, 2.24) is 4.72 Å². The Morgan fingerprint density at radius 1 is 1.08 bits per heavy atom. The van der Waals surface area contributed by atoms with E-state index in [1.54, 1.807) is 4.72 Å². The van der Waals surface area contributed by atoms with Gasteiger partial charge >= 0.3 is 15.5 Å². The molecule has 0 bridgehead atoms. The quantitative estimate of drug-likeness (QED) is 0.677. The molecule has 1 aliphatic carbocycles. The van der Waals surface area contributed by atoms with Gasteiger partial charge in [-0.15, -0.1) is 0 Å². The van der Waals surface area contributed by atoms with Gasteiger partial charge in [-0.25, -0.2) is 13.1 Å². The second-order valence-corrected chi connectivity index (χ2v) is 7.41. The van der Waals surface area contributed by atoms with E-state index in [1.165, 1.54) is 11.1 Å². The molecule has 0 radical (unpaired) electrons. The molecule has 24 heavy (non-hydrogen) atoms. The number of alkyl halides is 3. The second kappa shape index (κ2) is 9.85. The fourth-order valence-electron chi connectivity index (χ4n) is 2.23. The van der Waals surface area contributed by atoms with Crippen molar-refractivity contribution in [3.05, 3.63) is 35.4 Å². The first kappa shape index (κ1) is 23.5. The zero-order chi connectivity index (χ0) is 17.7. The minimum Gasteiger partial charge on any atom is -0.326 e. The van der Waals surface area contributed by atoms with E-state index in [0.29, 0.717) is 19.3 Å². The van der Waals surface area contributed by atoms with Gasteiger partial charge < -0.3 is 5.73 Å². The van der Waals surface area contributed by atoms with Crippen LogP contribution >= 0.6 is 0 Å². The number of rotatable bonds is 2. The Labute approximate surface area is 154 Å². The molecule has 0 spiro atoms. The Kier molecular flexibility index (Phi) is 9.65. The number of hydrogen-bond donors (Lipinski definition) is 2. The summed E-state index contributed by atoms with van der Waals surface area (Å²) in [5.41, 5.74) is 3.01. The molecule has 3 N–H and O–H groups in total. The summed E-state index contributed by atoms with van der Waals surface area (Å²) < 4.78 is 59.2. The van der Waals surface area contributed by atoms with E-state index in [0.717, 1.165) is 6.42 Å². The summed E-state index contributed by atoms with van der Waals surface area (Å²) in [6.07, 6.45) is 2.42. The SMILES string of the molecule is Cc1ccccc1C.N[C@H]1CCCC[C@@H]1NS(=O)(=O)C(F)(F)F.[Ru]. The standard InChI is InChI=1S/C8H10.C7H13F3N2O2S.Ru/c1-7-5-3-4-6-8(7)2;8-7(9,10)15(13,14)12-6-4-2-1-3-5(6)11;/h3-6H,1-2H3;5-6,12H,1-4,11H2;/t;5-,6-;/m.0./s1. The number of aryl methyl sites for hydroxylation is 2. The number of hydrogen-bond acceptors (Lipinski definition) is 3. The van der Waals surface area contributed by atoms with Crippen LogP contribution in [0.4, 0.5) is 13.2 Å². The summed E-state index contributed by atoms with van der Waals surface area (Å²) >= 11 is 0. The minimum absolute atomic E-state index is 0. The fourth-order valence-corrected chi connectivity index (χ4v) is 3.06. The van der Waals surface area contributed by atoms with Gasteiger partial charge in [-0.2, -0.15) is 13.2 Å². The predicted octanol–water partition coefficient (Wildman–Crippen LogP) is 3.00. The third kappa shape index (κ3) is 7.17. The zero-order valence-electron chi connectivity index (χ0n) is 13.6. The maximum absolute atomic E-state index is 12.0. The maximum atomic E-state index is 12.0. The van der Waals surface area contributed by atoms with Crippen LogP contribution in [0.2, 0.25) is 0 Å². The molecule has 0 amide bonds. The monoisotopic (exact) mass is 454 g/mol. The summed E-state index contributed by atoms with van der Waals surface area (Å²) in [6, 6.07) is 7.02. The molecule has 140 valence electrons. The topological polar surface area (TPSA) is 72.2 Å². The third-order valence-corrected chi connectivity index (χ3v) is 5.08. The molecule has 0 saturated heterocycles. The number of nitrogens with two attached hydrogens (primary N) is 1. The second-order valence-electron chi connectivity index (χ2n) is 5.71. The molecule has 2 rings (SSSR count). The molecular formula is C15H23F3N2O2RuS. The first-order valence-electron chi connectivity index (χ1n) is 7.41. The van der Waals surface area contributed by atoms with E-state index in [9.17, 15) is 21.6 Å². The van der Waals surface area contributed by atoms with E-state index < -0.39 is 27.6 Å². The summed E-state index contributed by atoms with van der Waals surface area (Å²) in [5.74, 6) is 0. The number of nitrogens with one attached hydrogen (secondary N) is 1. The van der Waals surface area contributed by atoms with Crippen LogP contribution in [0.3, 0.4) is 0 Å². The third-order valence-electron chi connectivity index (χ3n) is 3.86. The molecule has 4 nitrogen and oxygen atoms in total. The van der Waals surface area contributed by atoms with Crippen molar-refractivity contribution in [2.24, 2.45) is 5.73 Å². The molecule has 0 aromatic heterocycles. The predicted molar refractivity (Wildman–Crippen MR) is 84.3 cm³/mol. The van der Waals surface area contributed by atoms with Gasteiger partial charge in [-0.3, -0.25) is 0 Å². The van der Waals surface area contributed by atoms with Gasteiger partial charge in [-0.05, 0) is 37.8 Å². The van der Waals surface area contributed by atoms with Crippen LogP contribution in [0.15, 0.2) is 24.3 Å². The van der Waals surface area contributed by atoms with Crippen molar-refractivity contribution in [2.75, 3.05) is 0 Å². The Hall–Kier alpha value is -0.497. The van der Waals surface area contributed by atoms with Crippen molar-refractivity contribution in [3.8, 4) is 0 Å². The van der Waals surface area contributed by atoms with Gasteiger partial charge in [0, 0.05) is 31.6 Å². The van der Waals surface area contributed by atoms with Gasteiger partial charge in [0.05, 0.1) is 0 Å². The summed E-state index contributed by atoms with van der Waals surface area (Å²) in [5, 5.41) is 0. The van der Waals surface area contributed by atoms with Crippen molar-refractivity contribution in [2.45, 2.75) is 57.1 Å².